The van der Waals surface area contributed by atoms with Crippen molar-refractivity contribution in [3.05, 3.63) is 60.3 Å². The van der Waals surface area contributed by atoms with Crippen LogP contribution in [0.3, 0.4) is 0 Å². The fraction of sp³-hybridized carbons (Fsp3) is 0.278. The normalized spacial score (nSPS) is 14.7. The summed E-state index contributed by atoms with van der Waals surface area (Å²) in [5, 5.41) is 4.27. The molecule has 1 saturated heterocycles. The van der Waals surface area contributed by atoms with E-state index in [0.717, 1.165) is 12.8 Å². The molecule has 0 radical (unpaired) electrons. The van der Waals surface area contributed by atoms with Gasteiger partial charge in [-0.15, -0.1) is 0 Å². The summed E-state index contributed by atoms with van der Waals surface area (Å²) in [6.45, 7) is 1.29. The summed E-state index contributed by atoms with van der Waals surface area (Å²) in [6, 6.07) is 14.3. The number of carbonyl (C=O) groups excluding carboxylic acids is 1. The summed E-state index contributed by atoms with van der Waals surface area (Å²) in [5.41, 5.74) is 0.525. The highest BCUT2D eigenvalue weighted by atomic mass is 32.1. The molecular formula is C18H19N3O3S. The molecule has 1 aliphatic heterocycles. The van der Waals surface area contributed by atoms with Gasteiger partial charge in [0.15, 0.2) is 5.82 Å². The van der Waals surface area contributed by atoms with Crippen LogP contribution in [0.5, 0.6) is 0 Å². The van der Waals surface area contributed by atoms with Gasteiger partial charge in [-0.1, -0.05) is 24.3 Å². The van der Waals surface area contributed by atoms with Gasteiger partial charge in [0, 0.05) is 25.0 Å². The van der Waals surface area contributed by atoms with Gasteiger partial charge in [-0.25, -0.2) is 4.98 Å². The van der Waals surface area contributed by atoms with E-state index in [1.807, 2.05) is 18.2 Å². The van der Waals surface area contributed by atoms with Gasteiger partial charge < -0.3 is 4.74 Å². The molecule has 130 valence electrons. The van der Waals surface area contributed by atoms with E-state index in [4.69, 9.17) is 21.8 Å². The van der Waals surface area contributed by atoms with E-state index in [1.54, 1.807) is 36.5 Å². The van der Waals surface area contributed by atoms with Crippen LogP contribution >= 0.6 is 12.2 Å². The summed E-state index contributed by atoms with van der Waals surface area (Å²) >= 11 is 5.40. The molecule has 25 heavy (non-hydrogen) atoms. The minimum absolute atomic E-state index is 0.0395. The molecule has 1 aliphatic rings. The second-order valence-corrected chi connectivity index (χ2v) is 5.91. The quantitative estimate of drug-likeness (QED) is 0.671. The third kappa shape index (κ3) is 4.82. The first-order valence-electron chi connectivity index (χ1n) is 8.10. The van der Waals surface area contributed by atoms with Crippen molar-refractivity contribution in [2.45, 2.75) is 18.9 Å². The summed E-state index contributed by atoms with van der Waals surface area (Å²) in [4.78, 5) is 22.6. The Morgan fingerprint density at radius 2 is 1.88 bits per heavy atom. The first kappa shape index (κ1) is 17.5. The maximum Gasteiger partial charge on any atom is 0.257 e. The molecule has 1 N–H and O–H groups in total. The summed E-state index contributed by atoms with van der Waals surface area (Å²) in [5.74, 6) is 0.231. The number of carbonyl (C=O) groups is 1. The average Bonchev–Trinajstić information content (AvgIpc) is 2.68. The Morgan fingerprint density at radius 1 is 1.16 bits per heavy atom. The lowest BCUT2D eigenvalue weighted by Gasteiger charge is -2.30. The molecule has 1 aromatic carbocycles. The SMILES string of the molecule is O=C(NC(=S)N(OC1CCOCC1)c1ccccn1)c1ccccc1. The van der Waals surface area contributed by atoms with Crippen molar-refractivity contribution in [3.63, 3.8) is 0 Å². The van der Waals surface area contributed by atoms with Crippen molar-refractivity contribution in [2.24, 2.45) is 0 Å². The van der Waals surface area contributed by atoms with Crippen molar-refractivity contribution in [1.82, 2.24) is 10.3 Å². The molecule has 2 aromatic rings. The number of hydroxylamine groups is 1. The summed E-state index contributed by atoms with van der Waals surface area (Å²) in [6.07, 6.45) is 3.14. The maximum atomic E-state index is 12.4. The molecule has 3 rings (SSSR count). The highest BCUT2D eigenvalue weighted by Crippen LogP contribution is 2.18. The average molecular weight is 357 g/mol. The van der Waals surface area contributed by atoms with Crippen LogP contribution in [0.15, 0.2) is 54.7 Å². The molecule has 2 heterocycles. The van der Waals surface area contributed by atoms with Gasteiger partial charge >= 0.3 is 0 Å². The number of benzene rings is 1. The molecule has 0 bridgehead atoms. The van der Waals surface area contributed by atoms with E-state index >= 15 is 0 Å². The van der Waals surface area contributed by atoms with Crippen LogP contribution < -0.4 is 10.4 Å². The molecule has 1 aromatic heterocycles. The first-order valence-corrected chi connectivity index (χ1v) is 8.51. The summed E-state index contributed by atoms with van der Waals surface area (Å²) in [7, 11) is 0. The van der Waals surface area contributed by atoms with E-state index in [-0.39, 0.29) is 17.1 Å². The maximum absolute atomic E-state index is 12.4. The fourth-order valence-electron chi connectivity index (χ4n) is 2.42. The fourth-order valence-corrected chi connectivity index (χ4v) is 2.65. The number of anilines is 1. The Hall–Kier alpha value is -2.35. The number of rotatable bonds is 4. The van der Waals surface area contributed by atoms with Crippen molar-refractivity contribution in [1.29, 1.82) is 0 Å². The minimum Gasteiger partial charge on any atom is -0.381 e. The lowest BCUT2D eigenvalue weighted by molar-refractivity contribution is -0.0299. The molecule has 0 saturated carbocycles. The monoisotopic (exact) mass is 357 g/mol. The predicted octanol–water partition coefficient (Wildman–Crippen LogP) is 2.71. The molecular weight excluding hydrogens is 338 g/mol. The molecule has 0 unspecified atom stereocenters. The Morgan fingerprint density at radius 3 is 2.56 bits per heavy atom. The third-order valence-electron chi connectivity index (χ3n) is 3.72. The van der Waals surface area contributed by atoms with E-state index < -0.39 is 0 Å². The Labute approximate surface area is 151 Å². The van der Waals surface area contributed by atoms with E-state index in [1.165, 1.54) is 5.06 Å². The largest absolute Gasteiger partial charge is 0.381 e. The van der Waals surface area contributed by atoms with E-state index in [2.05, 4.69) is 10.3 Å². The smallest absolute Gasteiger partial charge is 0.257 e. The second-order valence-electron chi connectivity index (χ2n) is 5.52. The standard InChI is InChI=1S/C18H19N3O3S/c22-17(14-6-2-1-3-7-14)20-18(25)21(16-8-4-5-11-19-16)24-15-9-12-23-13-10-15/h1-8,11,15H,9-10,12-13H2,(H,20,22,25). The number of thiocarbonyl (C=S) groups is 1. The molecule has 7 heteroatoms. The number of hydrogen-bond acceptors (Lipinski definition) is 5. The topological polar surface area (TPSA) is 63.7 Å². The zero-order valence-electron chi connectivity index (χ0n) is 13.6. The van der Waals surface area contributed by atoms with Gasteiger partial charge in [0.2, 0.25) is 5.11 Å². The number of ether oxygens (including phenoxy) is 1. The molecule has 1 amide bonds. The van der Waals surface area contributed by atoms with Crippen LogP contribution in [-0.4, -0.2) is 35.3 Å². The van der Waals surface area contributed by atoms with Crippen molar-refractivity contribution in [3.8, 4) is 0 Å². The first-order chi connectivity index (χ1) is 12.2. The van der Waals surface area contributed by atoms with Crippen LogP contribution in [0, 0.1) is 0 Å². The molecule has 0 spiro atoms. The zero-order chi connectivity index (χ0) is 17.5. The number of hydrogen-bond donors (Lipinski definition) is 1. The van der Waals surface area contributed by atoms with Crippen molar-refractivity contribution >= 4 is 29.1 Å². The molecule has 1 fully saturated rings. The van der Waals surface area contributed by atoms with Crippen LogP contribution in [0.1, 0.15) is 23.2 Å². The number of amides is 1. The predicted molar refractivity (Wildman–Crippen MR) is 98.1 cm³/mol. The Bertz CT molecular complexity index is 706. The van der Waals surface area contributed by atoms with Crippen LogP contribution in [0.25, 0.3) is 0 Å². The number of nitrogens with one attached hydrogen (secondary N) is 1. The molecule has 0 atom stereocenters. The number of nitrogens with zero attached hydrogens (tertiary/aromatic N) is 2. The lowest BCUT2D eigenvalue weighted by atomic mass is 10.2. The van der Waals surface area contributed by atoms with Crippen molar-refractivity contribution < 1.29 is 14.4 Å². The molecule has 6 nitrogen and oxygen atoms in total. The Balaban J connectivity index is 1.73. The van der Waals surface area contributed by atoms with Gasteiger partial charge in [0.05, 0.1) is 6.10 Å². The van der Waals surface area contributed by atoms with Gasteiger partial charge in [0.1, 0.15) is 0 Å². The van der Waals surface area contributed by atoms with E-state index in [9.17, 15) is 4.79 Å². The van der Waals surface area contributed by atoms with Crippen LogP contribution in [0.4, 0.5) is 5.82 Å². The lowest BCUT2D eigenvalue weighted by Crippen LogP contribution is -2.45. The Kier molecular flexibility index (Phi) is 6.05. The van der Waals surface area contributed by atoms with E-state index in [0.29, 0.717) is 24.6 Å². The van der Waals surface area contributed by atoms with Crippen molar-refractivity contribution in [2.75, 3.05) is 18.3 Å². The minimum atomic E-state index is -0.290. The third-order valence-corrected chi connectivity index (χ3v) is 3.99. The van der Waals surface area contributed by atoms with Gasteiger partial charge in [0.25, 0.3) is 5.91 Å². The van der Waals surface area contributed by atoms with Gasteiger partial charge in [-0.2, -0.15) is 5.06 Å². The summed E-state index contributed by atoms with van der Waals surface area (Å²) < 4.78 is 5.35. The van der Waals surface area contributed by atoms with Gasteiger partial charge in [-0.3, -0.25) is 14.9 Å². The van der Waals surface area contributed by atoms with Crippen LogP contribution in [-0.2, 0) is 9.57 Å². The molecule has 0 aliphatic carbocycles. The highest BCUT2D eigenvalue weighted by Gasteiger charge is 2.23. The number of aromatic nitrogens is 1. The van der Waals surface area contributed by atoms with Gasteiger partial charge in [-0.05, 0) is 49.3 Å². The second kappa shape index (κ2) is 8.66. The zero-order valence-corrected chi connectivity index (χ0v) is 14.4. The highest BCUT2D eigenvalue weighted by molar-refractivity contribution is 7.80. The number of pyridine rings is 1. The van der Waals surface area contributed by atoms with Crippen LogP contribution in [0.2, 0.25) is 0 Å².